The van der Waals surface area contributed by atoms with Crippen LogP contribution in [0.25, 0.3) is 11.3 Å². The molecular formula is C22H21N3O7S. The number of carbonyl (C=O) groups is 2. The Morgan fingerprint density at radius 1 is 1.18 bits per heavy atom. The molecule has 11 heteroatoms. The van der Waals surface area contributed by atoms with E-state index in [1.165, 1.54) is 19.1 Å². The molecule has 1 aromatic heterocycles. The number of esters is 1. The summed E-state index contributed by atoms with van der Waals surface area (Å²) in [6, 6.07) is 12.9. The van der Waals surface area contributed by atoms with Crippen LogP contribution in [0.1, 0.15) is 13.3 Å². The van der Waals surface area contributed by atoms with Gasteiger partial charge < -0.3 is 14.2 Å². The number of methoxy groups -OCH3 is 1. The Balaban J connectivity index is 1.46. The molecule has 0 radical (unpaired) electrons. The van der Waals surface area contributed by atoms with Crippen molar-refractivity contribution in [2.45, 2.75) is 19.4 Å². The summed E-state index contributed by atoms with van der Waals surface area (Å²) in [6.45, 7) is 1.55. The molecule has 33 heavy (non-hydrogen) atoms. The minimum absolute atomic E-state index is 0.0299. The fourth-order valence-corrected chi connectivity index (χ4v) is 3.41. The van der Waals surface area contributed by atoms with Crippen molar-refractivity contribution in [1.29, 1.82) is 0 Å². The number of nitro benzene ring substituents is 1. The largest absolute Gasteiger partial charge is 0.497 e. The highest BCUT2D eigenvalue weighted by Crippen LogP contribution is 2.27. The van der Waals surface area contributed by atoms with Crippen molar-refractivity contribution in [1.82, 2.24) is 4.98 Å². The van der Waals surface area contributed by atoms with Gasteiger partial charge in [-0.1, -0.05) is 12.1 Å². The minimum atomic E-state index is -1.04. The van der Waals surface area contributed by atoms with Crippen LogP contribution in [0.4, 0.5) is 10.8 Å². The highest BCUT2D eigenvalue weighted by atomic mass is 32.1. The molecule has 3 rings (SSSR count). The lowest BCUT2D eigenvalue weighted by Gasteiger charge is -2.12. The molecule has 0 aliphatic heterocycles. The molecule has 10 nitrogen and oxygen atoms in total. The molecule has 3 aromatic rings. The van der Waals surface area contributed by atoms with Gasteiger partial charge in [-0.3, -0.25) is 25.0 Å². The average molecular weight is 471 g/mol. The Morgan fingerprint density at radius 3 is 2.61 bits per heavy atom. The van der Waals surface area contributed by atoms with E-state index in [4.69, 9.17) is 14.2 Å². The van der Waals surface area contributed by atoms with Crippen molar-refractivity contribution in [3.63, 3.8) is 0 Å². The molecule has 0 aliphatic carbocycles. The molecule has 0 spiro atoms. The molecule has 172 valence electrons. The number of anilines is 1. The number of hydrogen-bond acceptors (Lipinski definition) is 9. The maximum atomic E-state index is 12.3. The summed E-state index contributed by atoms with van der Waals surface area (Å²) >= 11 is 1.16. The lowest BCUT2D eigenvalue weighted by Crippen LogP contribution is -2.30. The number of nitro groups is 1. The van der Waals surface area contributed by atoms with Gasteiger partial charge in [0.1, 0.15) is 11.5 Å². The van der Waals surface area contributed by atoms with E-state index in [-0.39, 0.29) is 23.8 Å². The molecular weight excluding hydrogens is 450 g/mol. The monoisotopic (exact) mass is 471 g/mol. The second-order valence-corrected chi connectivity index (χ2v) is 7.60. The van der Waals surface area contributed by atoms with Crippen molar-refractivity contribution in [2.24, 2.45) is 0 Å². The molecule has 1 unspecified atom stereocenters. The van der Waals surface area contributed by atoms with Gasteiger partial charge in [0.05, 0.1) is 30.8 Å². The Bertz CT molecular complexity index is 1130. The Kier molecular flexibility index (Phi) is 7.92. The first kappa shape index (κ1) is 23.7. The Morgan fingerprint density at radius 2 is 1.91 bits per heavy atom. The summed E-state index contributed by atoms with van der Waals surface area (Å²) in [6.07, 6.45) is -1.07. The Hall–Kier alpha value is -3.99. The van der Waals surface area contributed by atoms with Crippen LogP contribution in [-0.2, 0) is 14.3 Å². The van der Waals surface area contributed by atoms with Crippen LogP contribution in [0.15, 0.2) is 53.9 Å². The zero-order valence-corrected chi connectivity index (χ0v) is 18.7. The molecule has 1 heterocycles. The van der Waals surface area contributed by atoms with Gasteiger partial charge in [-0.05, 0) is 31.2 Å². The summed E-state index contributed by atoms with van der Waals surface area (Å²) in [4.78, 5) is 39.1. The SMILES string of the molecule is COc1ccc(OCCC(=O)OC(C)C(=O)Nc2nc(-c3cccc([N+](=O)[O-])c3)cs2)cc1. The quantitative estimate of drug-likeness (QED) is 0.266. The number of amides is 1. The molecule has 0 saturated heterocycles. The number of nitrogens with zero attached hydrogens (tertiary/aromatic N) is 2. The number of benzene rings is 2. The molecule has 1 atom stereocenters. The third-order valence-electron chi connectivity index (χ3n) is 4.40. The van der Waals surface area contributed by atoms with Gasteiger partial charge in [-0.15, -0.1) is 11.3 Å². The average Bonchev–Trinajstić information content (AvgIpc) is 3.28. The van der Waals surface area contributed by atoms with Crippen LogP contribution in [-0.4, -0.2) is 41.6 Å². The summed E-state index contributed by atoms with van der Waals surface area (Å²) in [7, 11) is 1.56. The van der Waals surface area contributed by atoms with Crippen LogP contribution in [0.5, 0.6) is 11.5 Å². The van der Waals surface area contributed by atoms with Gasteiger partial charge in [0.2, 0.25) is 0 Å². The number of ether oxygens (including phenoxy) is 3. The summed E-state index contributed by atoms with van der Waals surface area (Å²) in [5.41, 5.74) is 0.985. The first-order chi connectivity index (χ1) is 15.9. The third-order valence-corrected chi connectivity index (χ3v) is 5.16. The fourth-order valence-electron chi connectivity index (χ4n) is 2.68. The van der Waals surface area contributed by atoms with Crippen LogP contribution >= 0.6 is 11.3 Å². The molecule has 1 amide bonds. The first-order valence-electron chi connectivity index (χ1n) is 9.83. The predicted octanol–water partition coefficient (Wildman–Crippen LogP) is 4.07. The lowest BCUT2D eigenvalue weighted by atomic mass is 10.1. The topological polar surface area (TPSA) is 130 Å². The van der Waals surface area contributed by atoms with Gasteiger partial charge >= 0.3 is 5.97 Å². The number of aromatic nitrogens is 1. The van der Waals surface area contributed by atoms with E-state index >= 15 is 0 Å². The molecule has 1 N–H and O–H groups in total. The van der Waals surface area contributed by atoms with E-state index in [1.807, 2.05) is 0 Å². The highest BCUT2D eigenvalue weighted by Gasteiger charge is 2.19. The van der Waals surface area contributed by atoms with Gasteiger partial charge in [-0.2, -0.15) is 0 Å². The number of nitrogens with one attached hydrogen (secondary N) is 1. The first-order valence-corrected chi connectivity index (χ1v) is 10.7. The van der Waals surface area contributed by atoms with Crippen molar-refractivity contribution < 1.29 is 28.7 Å². The van der Waals surface area contributed by atoms with Crippen molar-refractivity contribution in [3.05, 3.63) is 64.0 Å². The van der Waals surface area contributed by atoms with E-state index in [0.717, 1.165) is 11.3 Å². The summed E-state index contributed by atoms with van der Waals surface area (Å²) < 4.78 is 15.7. The molecule has 0 fully saturated rings. The van der Waals surface area contributed by atoms with E-state index < -0.39 is 22.9 Å². The smallest absolute Gasteiger partial charge is 0.310 e. The zero-order chi connectivity index (χ0) is 23.8. The number of thiazole rings is 1. The number of non-ortho nitro benzene ring substituents is 1. The summed E-state index contributed by atoms with van der Waals surface area (Å²) in [5, 5.41) is 15.5. The predicted molar refractivity (Wildman–Crippen MR) is 121 cm³/mol. The number of carbonyl (C=O) groups excluding carboxylic acids is 2. The van der Waals surface area contributed by atoms with Gasteiger partial charge in [-0.25, -0.2) is 4.98 Å². The number of hydrogen-bond donors (Lipinski definition) is 1. The molecule has 0 aliphatic rings. The zero-order valence-electron chi connectivity index (χ0n) is 17.8. The number of rotatable bonds is 10. The second kappa shape index (κ2) is 11.0. The molecule has 0 saturated carbocycles. The van der Waals surface area contributed by atoms with E-state index in [0.29, 0.717) is 22.8 Å². The van der Waals surface area contributed by atoms with Crippen molar-refractivity contribution in [2.75, 3.05) is 19.0 Å². The maximum absolute atomic E-state index is 12.3. The van der Waals surface area contributed by atoms with Crippen LogP contribution in [0.3, 0.4) is 0 Å². The van der Waals surface area contributed by atoms with Gasteiger partial charge in [0.15, 0.2) is 11.2 Å². The minimum Gasteiger partial charge on any atom is -0.497 e. The van der Waals surface area contributed by atoms with Crippen LogP contribution in [0.2, 0.25) is 0 Å². The normalized spacial score (nSPS) is 11.3. The van der Waals surface area contributed by atoms with E-state index in [2.05, 4.69) is 10.3 Å². The summed E-state index contributed by atoms with van der Waals surface area (Å²) in [5.74, 6) is 0.152. The second-order valence-electron chi connectivity index (χ2n) is 6.74. The molecule has 0 bridgehead atoms. The Labute approximate surface area is 193 Å². The van der Waals surface area contributed by atoms with Gasteiger partial charge in [0, 0.05) is 23.1 Å². The lowest BCUT2D eigenvalue weighted by molar-refractivity contribution is -0.384. The highest BCUT2D eigenvalue weighted by molar-refractivity contribution is 7.14. The van der Waals surface area contributed by atoms with Crippen molar-refractivity contribution in [3.8, 4) is 22.8 Å². The standard InChI is InChI=1S/C22H21N3O7S/c1-14(32-20(26)10-11-31-18-8-6-17(30-2)7-9-18)21(27)24-22-23-19(13-33-22)15-4-3-5-16(12-15)25(28)29/h3-9,12-14H,10-11H2,1-2H3,(H,23,24,27). The molecule has 2 aromatic carbocycles. The maximum Gasteiger partial charge on any atom is 0.310 e. The van der Waals surface area contributed by atoms with Crippen LogP contribution < -0.4 is 14.8 Å². The third kappa shape index (κ3) is 6.74. The fraction of sp³-hybridized carbons (Fsp3) is 0.227. The van der Waals surface area contributed by atoms with Gasteiger partial charge in [0.25, 0.3) is 11.6 Å². The van der Waals surface area contributed by atoms with E-state index in [9.17, 15) is 19.7 Å². The van der Waals surface area contributed by atoms with E-state index in [1.54, 1.807) is 48.9 Å². The van der Waals surface area contributed by atoms with Crippen molar-refractivity contribution >= 4 is 34.0 Å². The van der Waals surface area contributed by atoms with Crippen LogP contribution in [0, 0.1) is 10.1 Å².